The Morgan fingerprint density at radius 3 is 2.60 bits per heavy atom. The smallest absolute Gasteiger partial charge is 0.289 e. The van der Waals surface area contributed by atoms with E-state index in [1.807, 2.05) is 23.4 Å². The molecule has 1 aliphatic heterocycles. The summed E-state index contributed by atoms with van der Waals surface area (Å²) in [5, 5.41) is 11.7. The maximum atomic E-state index is 12.5. The molecule has 0 saturated carbocycles. The Labute approximate surface area is 193 Å². The summed E-state index contributed by atoms with van der Waals surface area (Å²) in [6.45, 7) is 6.42. The fourth-order valence-electron chi connectivity index (χ4n) is 3.10. The molecule has 3 rings (SSSR count). The van der Waals surface area contributed by atoms with E-state index in [1.54, 1.807) is 19.2 Å². The average Bonchev–Trinajstić information content (AvgIpc) is 3.39. The van der Waals surface area contributed by atoms with E-state index >= 15 is 0 Å². The van der Waals surface area contributed by atoms with Gasteiger partial charge in [0, 0.05) is 53.5 Å². The molecule has 1 amide bonds. The average molecular weight is 531 g/mol. The van der Waals surface area contributed by atoms with Gasteiger partial charge in [0.05, 0.1) is 6.26 Å². The summed E-state index contributed by atoms with van der Waals surface area (Å²) in [6.07, 6.45) is 2.40. The number of hydrogen-bond donors (Lipinski definition) is 1. The quantitative estimate of drug-likeness (QED) is 0.249. The van der Waals surface area contributed by atoms with E-state index in [2.05, 4.69) is 20.4 Å². The summed E-state index contributed by atoms with van der Waals surface area (Å²) in [5.74, 6) is 2.78. The van der Waals surface area contributed by atoms with Gasteiger partial charge in [-0.15, -0.1) is 34.2 Å². The van der Waals surface area contributed by atoms with Crippen LogP contribution in [-0.4, -0.2) is 82.9 Å². The van der Waals surface area contributed by atoms with Gasteiger partial charge < -0.3 is 28.8 Å². The predicted molar refractivity (Wildman–Crippen MR) is 123 cm³/mol. The van der Waals surface area contributed by atoms with Crippen LogP contribution >= 0.6 is 24.0 Å². The van der Waals surface area contributed by atoms with Crippen LogP contribution in [0.4, 0.5) is 0 Å². The second-order valence-corrected chi connectivity index (χ2v) is 6.89. The Balaban J connectivity index is 0.00000320. The van der Waals surface area contributed by atoms with E-state index in [-0.39, 0.29) is 29.9 Å². The van der Waals surface area contributed by atoms with Gasteiger partial charge >= 0.3 is 0 Å². The third kappa shape index (κ3) is 6.17. The fourth-order valence-corrected chi connectivity index (χ4v) is 3.10. The van der Waals surface area contributed by atoms with Crippen LogP contribution in [0.2, 0.25) is 0 Å². The molecule has 0 spiro atoms. The zero-order valence-corrected chi connectivity index (χ0v) is 20.0. The standard InChI is InChI=1S/C19H29N7O3.HI/c1-15-22-23-17(24(15)2)14-21-19(20-7-5-12-28-3)26-10-8-25(9-11-26)18(27)16-6-4-13-29-16;/h4,6,13H,5,7-12,14H2,1-3H3,(H,20,21);1H. The van der Waals surface area contributed by atoms with Crippen LogP contribution in [0.15, 0.2) is 27.8 Å². The Bertz CT molecular complexity index is 814. The fraction of sp³-hybridized carbons (Fsp3) is 0.579. The Morgan fingerprint density at radius 1 is 1.27 bits per heavy atom. The SMILES string of the molecule is COCCCNC(=NCc1nnc(C)n1C)N1CCN(C(=O)c2ccco2)CC1.I. The highest BCUT2D eigenvalue weighted by molar-refractivity contribution is 14.0. The first-order chi connectivity index (χ1) is 14.1. The van der Waals surface area contributed by atoms with E-state index in [1.165, 1.54) is 6.26 Å². The van der Waals surface area contributed by atoms with Crippen molar-refractivity contribution in [1.29, 1.82) is 0 Å². The molecule has 0 aliphatic carbocycles. The first-order valence-electron chi connectivity index (χ1n) is 9.80. The summed E-state index contributed by atoms with van der Waals surface area (Å²) in [5.41, 5.74) is 0. The molecule has 0 unspecified atom stereocenters. The largest absolute Gasteiger partial charge is 0.459 e. The summed E-state index contributed by atoms with van der Waals surface area (Å²) in [6, 6.07) is 3.42. The van der Waals surface area contributed by atoms with Crippen molar-refractivity contribution in [2.45, 2.75) is 19.9 Å². The van der Waals surface area contributed by atoms with Crippen molar-refractivity contribution in [2.75, 3.05) is 46.4 Å². The van der Waals surface area contributed by atoms with E-state index in [0.29, 0.717) is 45.1 Å². The van der Waals surface area contributed by atoms with Gasteiger partial charge in [0.15, 0.2) is 17.5 Å². The summed E-state index contributed by atoms with van der Waals surface area (Å²) < 4.78 is 12.3. The van der Waals surface area contributed by atoms with E-state index in [0.717, 1.165) is 30.6 Å². The van der Waals surface area contributed by atoms with E-state index in [4.69, 9.17) is 14.1 Å². The lowest BCUT2D eigenvalue weighted by Crippen LogP contribution is -2.54. The molecule has 0 aromatic carbocycles. The highest BCUT2D eigenvalue weighted by Crippen LogP contribution is 2.10. The van der Waals surface area contributed by atoms with Crippen molar-refractivity contribution in [1.82, 2.24) is 29.9 Å². The van der Waals surface area contributed by atoms with Crippen molar-refractivity contribution in [3.8, 4) is 0 Å². The summed E-state index contributed by atoms with van der Waals surface area (Å²) >= 11 is 0. The number of halogens is 1. The van der Waals surface area contributed by atoms with Crippen molar-refractivity contribution in [2.24, 2.45) is 12.0 Å². The predicted octanol–water partition coefficient (Wildman–Crippen LogP) is 1.27. The maximum absolute atomic E-state index is 12.5. The first kappa shape index (κ1) is 24.1. The van der Waals surface area contributed by atoms with Crippen molar-refractivity contribution in [3.63, 3.8) is 0 Å². The van der Waals surface area contributed by atoms with Crippen molar-refractivity contribution in [3.05, 3.63) is 35.8 Å². The lowest BCUT2D eigenvalue weighted by molar-refractivity contribution is 0.0657. The number of carbonyl (C=O) groups excluding carboxylic acids is 1. The number of ether oxygens (including phenoxy) is 1. The number of carbonyl (C=O) groups is 1. The van der Waals surface area contributed by atoms with Crippen molar-refractivity contribution < 1.29 is 13.9 Å². The van der Waals surface area contributed by atoms with Gasteiger partial charge in [-0.2, -0.15) is 0 Å². The van der Waals surface area contributed by atoms with Gasteiger partial charge in [0.1, 0.15) is 12.4 Å². The molecule has 11 heteroatoms. The minimum Gasteiger partial charge on any atom is -0.459 e. The number of hydrogen-bond acceptors (Lipinski definition) is 6. The van der Waals surface area contributed by atoms with Crippen molar-refractivity contribution >= 4 is 35.8 Å². The zero-order valence-electron chi connectivity index (χ0n) is 17.7. The molecule has 3 heterocycles. The van der Waals surface area contributed by atoms with Crippen LogP contribution in [0, 0.1) is 6.92 Å². The van der Waals surface area contributed by atoms with Gasteiger partial charge in [0.25, 0.3) is 5.91 Å². The minimum atomic E-state index is -0.0734. The molecule has 0 bridgehead atoms. The van der Waals surface area contributed by atoms with Crippen LogP contribution in [-0.2, 0) is 18.3 Å². The summed E-state index contributed by atoms with van der Waals surface area (Å²) in [7, 11) is 3.63. The second kappa shape index (κ2) is 11.9. The number of rotatable bonds is 7. The second-order valence-electron chi connectivity index (χ2n) is 6.89. The summed E-state index contributed by atoms with van der Waals surface area (Å²) in [4.78, 5) is 21.2. The van der Waals surface area contributed by atoms with Crippen LogP contribution in [0.3, 0.4) is 0 Å². The van der Waals surface area contributed by atoms with Crippen LogP contribution in [0.5, 0.6) is 0 Å². The number of piperazine rings is 1. The number of nitrogens with one attached hydrogen (secondary N) is 1. The monoisotopic (exact) mass is 531 g/mol. The maximum Gasteiger partial charge on any atom is 0.289 e. The topological polar surface area (TPSA) is 101 Å². The molecule has 30 heavy (non-hydrogen) atoms. The minimum absolute atomic E-state index is 0. The molecule has 1 fully saturated rings. The Morgan fingerprint density at radius 2 is 2.00 bits per heavy atom. The van der Waals surface area contributed by atoms with Gasteiger partial charge in [0.2, 0.25) is 0 Å². The molecular weight excluding hydrogens is 501 g/mol. The number of aliphatic imine (C=N–C) groups is 1. The highest BCUT2D eigenvalue weighted by Gasteiger charge is 2.25. The number of methoxy groups -OCH3 is 1. The molecule has 10 nitrogen and oxygen atoms in total. The highest BCUT2D eigenvalue weighted by atomic mass is 127. The molecule has 0 atom stereocenters. The number of furan rings is 1. The number of guanidine groups is 1. The molecule has 0 radical (unpaired) electrons. The lowest BCUT2D eigenvalue weighted by Gasteiger charge is -2.36. The normalized spacial score (nSPS) is 14.6. The number of aromatic nitrogens is 3. The number of nitrogens with zero attached hydrogens (tertiary/aromatic N) is 6. The molecule has 2 aromatic heterocycles. The molecule has 2 aromatic rings. The third-order valence-corrected chi connectivity index (χ3v) is 4.96. The first-order valence-corrected chi connectivity index (χ1v) is 9.80. The van der Waals surface area contributed by atoms with Crippen LogP contribution < -0.4 is 5.32 Å². The number of amides is 1. The van der Waals surface area contributed by atoms with Gasteiger partial charge in [-0.3, -0.25) is 4.79 Å². The Kier molecular flexibility index (Phi) is 9.56. The van der Waals surface area contributed by atoms with Crippen LogP contribution in [0.1, 0.15) is 28.6 Å². The third-order valence-electron chi connectivity index (χ3n) is 4.96. The molecule has 166 valence electrons. The molecule has 1 aliphatic rings. The molecular formula is C19H30IN7O3. The Hall–Kier alpha value is -2.15. The van der Waals surface area contributed by atoms with Gasteiger partial charge in [-0.1, -0.05) is 0 Å². The van der Waals surface area contributed by atoms with E-state index < -0.39 is 0 Å². The lowest BCUT2D eigenvalue weighted by atomic mass is 10.3. The van der Waals surface area contributed by atoms with E-state index in [9.17, 15) is 4.79 Å². The van der Waals surface area contributed by atoms with Gasteiger partial charge in [-0.25, -0.2) is 4.99 Å². The number of aryl methyl sites for hydroxylation is 1. The molecule has 1 saturated heterocycles. The van der Waals surface area contributed by atoms with Gasteiger partial charge in [-0.05, 0) is 25.5 Å². The molecule has 1 N–H and O–H groups in total. The zero-order chi connectivity index (χ0) is 20.6. The van der Waals surface area contributed by atoms with Crippen LogP contribution in [0.25, 0.3) is 0 Å².